The molecule has 2 rings (SSSR count). The van der Waals surface area contributed by atoms with Gasteiger partial charge in [0.05, 0.1) is 0 Å². The molecule has 2 N–H and O–H groups in total. The van der Waals surface area contributed by atoms with Crippen molar-refractivity contribution in [2.24, 2.45) is 5.92 Å². The van der Waals surface area contributed by atoms with E-state index in [0.29, 0.717) is 12.3 Å². The van der Waals surface area contributed by atoms with Gasteiger partial charge in [-0.15, -0.1) is 0 Å². The molecule has 3 heteroatoms. The van der Waals surface area contributed by atoms with E-state index in [4.69, 9.17) is 0 Å². The SMILES string of the molecule is C=C(C)[C@@H]1CCC(O)(CO)C([Se]c2ccccc2)C1. The summed E-state index contributed by atoms with van der Waals surface area (Å²) in [7, 11) is 0. The molecule has 2 unspecified atom stereocenters. The van der Waals surface area contributed by atoms with Crippen LogP contribution in [0.25, 0.3) is 0 Å². The van der Waals surface area contributed by atoms with Crippen LogP contribution >= 0.6 is 0 Å². The Kier molecular flexibility index (Phi) is 4.86. The molecule has 0 saturated heterocycles. The average Bonchev–Trinajstić information content (AvgIpc) is 2.42. The van der Waals surface area contributed by atoms with Gasteiger partial charge in [0.2, 0.25) is 0 Å². The van der Waals surface area contributed by atoms with Crippen LogP contribution < -0.4 is 4.46 Å². The summed E-state index contributed by atoms with van der Waals surface area (Å²) >= 11 is 0.187. The van der Waals surface area contributed by atoms with Crippen molar-refractivity contribution in [1.82, 2.24) is 0 Å². The first-order chi connectivity index (χ1) is 9.05. The molecular formula is C16H22O2Se. The summed E-state index contributed by atoms with van der Waals surface area (Å²) < 4.78 is 1.29. The molecule has 1 aromatic rings. The fourth-order valence-corrected chi connectivity index (χ4v) is 5.53. The van der Waals surface area contributed by atoms with E-state index >= 15 is 0 Å². The summed E-state index contributed by atoms with van der Waals surface area (Å²) in [5.41, 5.74) is 0.302. The van der Waals surface area contributed by atoms with Gasteiger partial charge in [-0.3, -0.25) is 0 Å². The third-order valence-corrected chi connectivity index (χ3v) is 7.08. The molecule has 0 spiro atoms. The van der Waals surface area contributed by atoms with E-state index in [1.54, 1.807) is 0 Å². The molecule has 1 aromatic carbocycles. The zero-order valence-corrected chi connectivity index (χ0v) is 13.1. The molecule has 3 atom stereocenters. The Labute approximate surface area is 121 Å². The molecule has 0 aliphatic heterocycles. The van der Waals surface area contributed by atoms with Gasteiger partial charge in [0.15, 0.2) is 0 Å². The standard InChI is InChI=1S/C16H22O2Se/c1-12(2)13-8-9-16(18,11-17)15(10-13)19-14-6-4-3-5-7-14/h3-7,13,15,17-18H,1,8-11H2,2H3/t13-,15?,16?/m1/s1. The zero-order chi connectivity index (χ0) is 13.9. The molecule has 1 fully saturated rings. The van der Waals surface area contributed by atoms with Gasteiger partial charge in [-0.2, -0.15) is 0 Å². The number of aliphatic hydroxyl groups excluding tert-OH is 1. The first-order valence-electron chi connectivity index (χ1n) is 6.75. The number of hydrogen-bond acceptors (Lipinski definition) is 2. The average molecular weight is 325 g/mol. The van der Waals surface area contributed by atoms with Crippen molar-refractivity contribution < 1.29 is 10.2 Å². The van der Waals surface area contributed by atoms with Crippen LogP contribution in [0.2, 0.25) is 4.82 Å². The Morgan fingerprint density at radius 3 is 2.68 bits per heavy atom. The Morgan fingerprint density at radius 2 is 2.11 bits per heavy atom. The number of benzene rings is 1. The molecule has 19 heavy (non-hydrogen) atoms. The van der Waals surface area contributed by atoms with Crippen LogP contribution in [0.15, 0.2) is 42.5 Å². The Morgan fingerprint density at radius 1 is 1.42 bits per heavy atom. The molecule has 0 heterocycles. The van der Waals surface area contributed by atoms with E-state index in [9.17, 15) is 10.2 Å². The van der Waals surface area contributed by atoms with Crippen molar-refractivity contribution in [1.29, 1.82) is 0 Å². The molecule has 0 radical (unpaired) electrons. The Balaban J connectivity index is 2.14. The van der Waals surface area contributed by atoms with Crippen molar-refractivity contribution in [3.8, 4) is 0 Å². The van der Waals surface area contributed by atoms with Crippen LogP contribution in [-0.2, 0) is 0 Å². The zero-order valence-electron chi connectivity index (χ0n) is 11.4. The van der Waals surface area contributed by atoms with Crippen LogP contribution in [-0.4, -0.2) is 37.4 Å². The van der Waals surface area contributed by atoms with E-state index in [1.807, 2.05) is 18.2 Å². The Bertz CT molecular complexity index is 432. The van der Waals surface area contributed by atoms with Gasteiger partial charge >= 0.3 is 121 Å². The summed E-state index contributed by atoms with van der Waals surface area (Å²) in [5, 5.41) is 20.2. The number of allylic oxidation sites excluding steroid dienone is 1. The van der Waals surface area contributed by atoms with E-state index < -0.39 is 5.60 Å². The van der Waals surface area contributed by atoms with Crippen LogP contribution in [0.4, 0.5) is 0 Å². The van der Waals surface area contributed by atoms with Crippen molar-refractivity contribution in [2.75, 3.05) is 6.61 Å². The van der Waals surface area contributed by atoms with Crippen molar-refractivity contribution >= 4 is 19.4 Å². The van der Waals surface area contributed by atoms with Crippen molar-refractivity contribution in [2.45, 2.75) is 36.6 Å². The van der Waals surface area contributed by atoms with Crippen LogP contribution in [0, 0.1) is 5.92 Å². The Hall–Kier alpha value is -0.601. The summed E-state index contributed by atoms with van der Waals surface area (Å²) in [5.74, 6) is 0.488. The first kappa shape index (κ1) is 14.8. The summed E-state index contributed by atoms with van der Waals surface area (Å²) in [6.45, 7) is 6.00. The van der Waals surface area contributed by atoms with Gasteiger partial charge < -0.3 is 0 Å². The van der Waals surface area contributed by atoms with E-state index in [0.717, 1.165) is 12.8 Å². The van der Waals surface area contributed by atoms with Gasteiger partial charge in [-0.25, -0.2) is 0 Å². The van der Waals surface area contributed by atoms with Gasteiger partial charge in [0.1, 0.15) is 0 Å². The van der Waals surface area contributed by atoms with Crippen molar-refractivity contribution in [3.63, 3.8) is 0 Å². The fourth-order valence-electron chi connectivity index (χ4n) is 2.63. The molecule has 1 aliphatic rings. The quantitative estimate of drug-likeness (QED) is 0.656. The van der Waals surface area contributed by atoms with E-state index in [2.05, 4.69) is 25.6 Å². The molecule has 104 valence electrons. The second-order valence-electron chi connectivity index (χ2n) is 5.50. The normalized spacial score (nSPS) is 31.1. The molecule has 0 amide bonds. The molecule has 1 saturated carbocycles. The monoisotopic (exact) mass is 326 g/mol. The van der Waals surface area contributed by atoms with Gasteiger partial charge in [0, 0.05) is 0 Å². The second kappa shape index (κ2) is 6.23. The topological polar surface area (TPSA) is 40.5 Å². The summed E-state index contributed by atoms with van der Waals surface area (Å²) in [6, 6.07) is 10.3. The predicted octanol–water partition coefficient (Wildman–Crippen LogP) is 1.90. The molecule has 1 aliphatic carbocycles. The minimum absolute atomic E-state index is 0.130. The van der Waals surface area contributed by atoms with E-state index in [-0.39, 0.29) is 26.4 Å². The summed E-state index contributed by atoms with van der Waals surface area (Å²) in [6.07, 6.45) is 2.56. The fraction of sp³-hybridized carbons (Fsp3) is 0.500. The number of aliphatic hydroxyl groups is 2. The van der Waals surface area contributed by atoms with Gasteiger partial charge in [0.25, 0.3) is 0 Å². The molecular weight excluding hydrogens is 303 g/mol. The third-order valence-electron chi connectivity index (χ3n) is 4.02. The third kappa shape index (κ3) is 3.49. The first-order valence-corrected chi connectivity index (χ1v) is 8.60. The molecule has 0 aromatic heterocycles. The molecule has 2 nitrogen and oxygen atoms in total. The van der Waals surface area contributed by atoms with Gasteiger partial charge in [-0.05, 0) is 0 Å². The second-order valence-corrected chi connectivity index (χ2v) is 8.18. The minimum atomic E-state index is -0.901. The van der Waals surface area contributed by atoms with Crippen LogP contribution in [0.5, 0.6) is 0 Å². The van der Waals surface area contributed by atoms with Crippen LogP contribution in [0.3, 0.4) is 0 Å². The summed E-state index contributed by atoms with van der Waals surface area (Å²) in [4.78, 5) is 0.169. The van der Waals surface area contributed by atoms with Crippen molar-refractivity contribution in [3.05, 3.63) is 42.5 Å². The van der Waals surface area contributed by atoms with Crippen LogP contribution in [0.1, 0.15) is 26.2 Å². The number of rotatable bonds is 4. The molecule has 0 bridgehead atoms. The maximum absolute atomic E-state index is 10.6. The maximum atomic E-state index is 10.6. The number of hydrogen-bond donors (Lipinski definition) is 2. The van der Waals surface area contributed by atoms with Gasteiger partial charge in [-0.1, -0.05) is 0 Å². The predicted molar refractivity (Wildman–Crippen MR) is 79.8 cm³/mol. The van der Waals surface area contributed by atoms with E-state index in [1.165, 1.54) is 10.0 Å².